The first-order valence-electron chi connectivity index (χ1n) is 10.3. The SMILES string of the molecule is NC(=O)c1oc2c(F)cc(F)cc2c1NC(=O)c1ccc(CN2CCCCCCC2)o1. The Balaban J connectivity index is 1.54. The highest BCUT2D eigenvalue weighted by atomic mass is 19.1. The van der Waals surface area contributed by atoms with Gasteiger partial charge < -0.3 is 19.9 Å². The Labute approximate surface area is 177 Å². The fourth-order valence-corrected chi connectivity index (χ4v) is 3.87. The molecule has 0 atom stereocenters. The van der Waals surface area contributed by atoms with Crippen molar-refractivity contribution in [2.45, 2.75) is 38.6 Å². The van der Waals surface area contributed by atoms with Crippen LogP contribution in [0.25, 0.3) is 11.0 Å². The molecule has 0 aliphatic carbocycles. The molecule has 1 saturated heterocycles. The van der Waals surface area contributed by atoms with E-state index >= 15 is 0 Å². The van der Waals surface area contributed by atoms with Gasteiger partial charge in [-0.2, -0.15) is 0 Å². The van der Waals surface area contributed by atoms with Crippen LogP contribution in [0.2, 0.25) is 0 Å². The number of nitrogens with one attached hydrogen (secondary N) is 1. The molecule has 0 saturated carbocycles. The lowest BCUT2D eigenvalue weighted by Gasteiger charge is -2.23. The summed E-state index contributed by atoms with van der Waals surface area (Å²) in [6.45, 7) is 2.54. The van der Waals surface area contributed by atoms with E-state index in [4.69, 9.17) is 14.6 Å². The lowest BCUT2D eigenvalue weighted by atomic mass is 10.1. The Morgan fingerprint density at radius 3 is 2.45 bits per heavy atom. The van der Waals surface area contributed by atoms with Crippen molar-refractivity contribution in [3.63, 3.8) is 0 Å². The molecule has 9 heteroatoms. The molecule has 0 bridgehead atoms. The van der Waals surface area contributed by atoms with E-state index in [1.165, 1.54) is 25.3 Å². The fraction of sp³-hybridized carbons (Fsp3) is 0.364. The number of hydrogen-bond donors (Lipinski definition) is 2. The van der Waals surface area contributed by atoms with Gasteiger partial charge in [-0.1, -0.05) is 19.3 Å². The van der Waals surface area contributed by atoms with Crippen LogP contribution < -0.4 is 11.1 Å². The molecule has 3 N–H and O–H groups in total. The summed E-state index contributed by atoms with van der Waals surface area (Å²) in [4.78, 5) is 26.7. The monoisotopic (exact) mass is 431 g/mol. The zero-order valence-corrected chi connectivity index (χ0v) is 16.9. The van der Waals surface area contributed by atoms with Crippen LogP contribution in [-0.4, -0.2) is 29.8 Å². The number of hydrogen-bond acceptors (Lipinski definition) is 5. The number of primary amides is 1. The molecule has 1 aliphatic rings. The third-order valence-corrected chi connectivity index (χ3v) is 5.38. The van der Waals surface area contributed by atoms with E-state index < -0.39 is 29.2 Å². The number of furan rings is 2. The van der Waals surface area contributed by atoms with E-state index in [1.807, 2.05) is 0 Å². The summed E-state index contributed by atoms with van der Waals surface area (Å²) in [6.07, 6.45) is 5.95. The van der Waals surface area contributed by atoms with Gasteiger partial charge in [-0.15, -0.1) is 0 Å². The fourth-order valence-electron chi connectivity index (χ4n) is 3.87. The van der Waals surface area contributed by atoms with Crippen molar-refractivity contribution in [3.8, 4) is 0 Å². The third-order valence-electron chi connectivity index (χ3n) is 5.38. The molecule has 0 unspecified atom stereocenters. The molecular formula is C22H23F2N3O4. The van der Waals surface area contributed by atoms with Crippen LogP contribution in [0.15, 0.2) is 33.1 Å². The summed E-state index contributed by atoms with van der Waals surface area (Å²) >= 11 is 0. The first-order valence-corrected chi connectivity index (χ1v) is 10.3. The van der Waals surface area contributed by atoms with Crippen molar-refractivity contribution in [3.05, 3.63) is 53.2 Å². The van der Waals surface area contributed by atoms with Gasteiger partial charge in [-0.25, -0.2) is 8.78 Å². The van der Waals surface area contributed by atoms with Gasteiger partial charge in [0.15, 0.2) is 17.2 Å². The van der Waals surface area contributed by atoms with E-state index in [1.54, 1.807) is 6.07 Å². The highest BCUT2D eigenvalue weighted by Gasteiger charge is 2.25. The maximum Gasteiger partial charge on any atom is 0.291 e. The van der Waals surface area contributed by atoms with Crippen LogP contribution in [-0.2, 0) is 6.54 Å². The van der Waals surface area contributed by atoms with E-state index in [0.29, 0.717) is 18.4 Å². The van der Waals surface area contributed by atoms with Crippen LogP contribution in [0.4, 0.5) is 14.5 Å². The lowest BCUT2D eigenvalue weighted by Crippen LogP contribution is -2.26. The van der Waals surface area contributed by atoms with E-state index in [2.05, 4.69) is 10.2 Å². The number of carbonyl (C=O) groups is 2. The number of anilines is 1. The van der Waals surface area contributed by atoms with Gasteiger partial charge >= 0.3 is 0 Å². The maximum atomic E-state index is 14.0. The molecular weight excluding hydrogens is 408 g/mol. The van der Waals surface area contributed by atoms with Crippen molar-refractivity contribution in [1.82, 2.24) is 4.90 Å². The lowest BCUT2D eigenvalue weighted by molar-refractivity contribution is 0.0976. The molecule has 1 aliphatic heterocycles. The molecule has 164 valence electrons. The van der Waals surface area contributed by atoms with Crippen LogP contribution in [0.1, 0.15) is 59.0 Å². The Hall–Kier alpha value is -3.20. The maximum absolute atomic E-state index is 14.0. The number of nitrogens with two attached hydrogens (primary N) is 1. The predicted octanol–water partition coefficient (Wildman–Crippen LogP) is 4.42. The van der Waals surface area contributed by atoms with Crippen LogP contribution in [0.3, 0.4) is 0 Å². The Morgan fingerprint density at radius 1 is 1.03 bits per heavy atom. The molecule has 1 fully saturated rings. The molecule has 2 amide bonds. The molecule has 1 aromatic carbocycles. The quantitative estimate of drug-likeness (QED) is 0.623. The number of benzene rings is 1. The second kappa shape index (κ2) is 8.89. The largest absolute Gasteiger partial charge is 0.455 e. The van der Waals surface area contributed by atoms with Crippen molar-refractivity contribution in [2.24, 2.45) is 5.73 Å². The molecule has 31 heavy (non-hydrogen) atoms. The third kappa shape index (κ3) is 4.61. The minimum Gasteiger partial charge on any atom is -0.455 e. The molecule has 0 radical (unpaired) electrons. The van der Waals surface area contributed by atoms with Gasteiger partial charge in [-0.05, 0) is 44.1 Å². The summed E-state index contributed by atoms with van der Waals surface area (Å²) in [6, 6.07) is 4.81. The number of nitrogens with zero attached hydrogens (tertiary/aromatic N) is 1. The van der Waals surface area contributed by atoms with Gasteiger partial charge in [0.1, 0.15) is 17.3 Å². The number of fused-ring (bicyclic) bond motifs is 1. The molecule has 0 spiro atoms. The minimum absolute atomic E-state index is 0.00342. The smallest absolute Gasteiger partial charge is 0.291 e. The van der Waals surface area contributed by atoms with Gasteiger partial charge in [0.25, 0.3) is 11.8 Å². The van der Waals surface area contributed by atoms with E-state index in [9.17, 15) is 18.4 Å². The molecule has 3 aromatic rings. The molecule has 4 rings (SSSR count). The zero-order chi connectivity index (χ0) is 22.0. The average Bonchev–Trinajstić information content (AvgIpc) is 3.29. The zero-order valence-electron chi connectivity index (χ0n) is 16.9. The summed E-state index contributed by atoms with van der Waals surface area (Å²) in [5, 5.41) is 2.34. The molecule has 2 aromatic heterocycles. The van der Waals surface area contributed by atoms with Crippen molar-refractivity contribution in [1.29, 1.82) is 0 Å². The topological polar surface area (TPSA) is 102 Å². The summed E-state index contributed by atoms with van der Waals surface area (Å²) < 4.78 is 38.5. The first kappa shape index (κ1) is 21.0. The second-order valence-corrected chi connectivity index (χ2v) is 7.70. The Bertz CT molecular complexity index is 1110. The average molecular weight is 431 g/mol. The Morgan fingerprint density at radius 2 is 1.74 bits per heavy atom. The number of amides is 2. The summed E-state index contributed by atoms with van der Waals surface area (Å²) in [5.41, 5.74) is 4.71. The van der Waals surface area contributed by atoms with Crippen molar-refractivity contribution >= 4 is 28.5 Å². The number of rotatable bonds is 5. The van der Waals surface area contributed by atoms with Gasteiger partial charge in [0.05, 0.1) is 11.9 Å². The van der Waals surface area contributed by atoms with E-state index in [0.717, 1.165) is 32.0 Å². The van der Waals surface area contributed by atoms with Gasteiger partial charge in [0, 0.05) is 6.07 Å². The predicted molar refractivity (Wildman–Crippen MR) is 110 cm³/mol. The van der Waals surface area contributed by atoms with Crippen LogP contribution in [0.5, 0.6) is 0 Å². The second-order valence-electron chi connectivity index (χ2n) is 7.70. The van der Waals surface area contributed by atoms with Crippen LogP contribution in [0, 0.1) is 11.6 Å². The standard InChI is InChI=1S/C22H23F2N3O4/c23-13-10-15-18(20(21(25)28)31-19(15)16(24)11-13)26-22(29)17-7-6-14(30-17)12-27-8-4-2-1-3-5-9-27/h6-7,10-11H,1-5,8-9,12H2,(H2,25,28)(H,26,29). The normalized spacial score (nSPS) is 15.5. The van der Waals surface area contributed by atoms with E-state index in [-0.39, 0.29) is 22.4 Å². The van der Waals surface area contributed by atoms with Gasteiger partial charge in [0.2, 0.25) is 5.76 Å². The highest BCUT2D eigenvalue weighted by molar-refractivity contribution is 6.13. The molecule has 3 heterocycles. The van der Waals surface area contributed by atoms with Crippen LogP contribution >= 0.6 is 0 Å². The van der Waals surface area contributed by atoms with Crippen molar-refractivity contribution in [2.75, 3.05) is 18.4 Å². The van der Waals surface area contributed by atoms with Crippen molar-refractivity contribution < 1.29 is 27.2 Å². The summed E-state index contributed by atoms with van der Waals surface area (Å²) in [7, 11) is 0. The Kier molecular flexibility index (Phi) is 6.03. The number of halogens is 2. The molecule has 7 nitrogen and oxygen atoms in total. The summed E-state index contributed by atoms with van der Waals surface area (Å²) in [5.74, 6) is -3.44. The first-order chi connectivity index (χ1) is 14.9. The highest BCUT2D eigenvalue weighted by Crippen LogP contribution is 2.33. The number of likely N-dealkylation sites (tertiary alicyclic amines) is 1. The van der Waals surface area contributed by atoms with Gasteiger partial charge in [-0.3, -0.25) is 14.5 Å². The number of carbonyl (C=O) groups excluding carboxylic acids is 2. The minimum atomic E-state index is -1.02.